The summed E-state index contributed by atoms with van der Waals surface area (Å²) >= 11 is 0. The molecular weight excluding hydrogens is 266 g/mol. The van der Waals surface area contributed by atoms with E-state index in [0.717, 1.165) is 36.2 Å². The van der Waals surface area contributed by atoms with Crippen LogP contribution < -0.4 is 5.73 Å². The molecule has 0 amide bonds. The predicted octanol–water partition coefficient (Wildman–Crippen LogP) is 3.92. The van der Waals surface area contributed by atoms with Crippen LogP contribution in [0.2, 0.25) is 0 Å². The van der Waals surface area contributed by atoms with Gasteiger partial charge < -0.3 is 14.6 Å². The van der Waals surface area contributed by atoms with E-state index in [1.807, 2.05) is 24.3 Å². The standard InChI is InChI=1S/C16H17N3O2/c1-2-3-6-11-14(12-7-4-9-20-12)18-16(17)19-15(11)13-8-5-10-21-13/h4-5,7-10H,2-3,6H2,1H3,(H2,17,18,19). The number of nitrogens with zero attached hydrogens (tertiary/aromatic N) is 2. The molecular formula is C16H17N3O2. The minimum atomic E-state index is 0.216. The van der Waals surface area contributed by atoms with E-state index in [-0.39, 0.29) is 5.95 Å². The number of rotatable bonds is 5. The molecule has 0 radical (unpaired) electrons. The van der Waals surface area contributed by atoms with E-state index in [1.54, 1.807) is 12.5 Å². The molecule has 0 bridgehead atoms. The summed E-state index contributed by atoms with van der Waals surface area (Å²) in [6.07, 6.45) is 6.23. The number of hydrogen-bond donors (Lipinski definition) is 1. The summed E-state index contributed by atoms with van der Waals surface area (Å²) < 4.78 is 11.0. The number of aromatic nitrogens is 2. The van der Waals surface area contributed by atoms with Crippen LogP contribution in [0.25, 0.3) is 22.9 Å². The lowest BCUT2D eigenvalue weighted by Gasteiger charge is -2.11. The molecule has 3 heterocycles. The Morgan fingerprint density at radius 3 is 2.00 bits per heavy atom. The van der Waals surface area contributed by atoms with Crippen LogP contribution in [0, 0.1) is 0 Å². The molecule has 0 aromatic carbocycles. The van der Waals surface area contributed by atoms with E-state index in [2.05, 4.69) is 16.9 Å². The van der Waals surface area contributed by atoms with Crippen molar-refractivity contribution in [3.63, 3.8) is 0 Å². The molecule has 0 saturated heterocycles. The van der Waals surface area contributed by atoms with E-state index in [0.29, 0.717) is 11.5 Å². The van der Waals surface area contributed by atoms with Gasteiger partial charge in [0.25, 0.3) is 0 Å². The van der Waals surface area contributed by atoms with Crippen LogP contribution in [-0.2, 0) is 6.42 Å². The van der Waals surface area contributed by atoms with Crippen LogP contribution >= 0.6 is 0 Å². The highest BCUT2D eigenvalue weighted by atomic mass is 16.3. The smallest absolute Gasteiger partial charge is 0.221 e. The second kappa shape index (κ2) is 5.83. The fraction of sp³-hybridized carbons (Fsp3) is 0.250. The first-order valence-corrected chi connectivity index (χ1v) is 7.03. The first-order valence-electron chi connectivity index (χ1n) is 7.03. The average Bonchev–Trinajstić information content (AvgIpc) is 3.18. The van der Waals surface area contributed by atoms with E-state index in [1.165, 1.54) is 0 Å². The zero-order chi connectivity index (χ0) is 14.7. The maximum atomic E-state index is 5.86. The van der Waals surface area contributed by atoms with Crippen molar-refractivity contribution < 1.29 is 8.83 Å². The van der Waals surface area contributed by atoms with E-state index in [4.69, 9.17) is 14.6 Å². The third-order valence-electron chi connectivity index (χ3n) is 3.31. The Morgan fingerprint density at radius 1 is 1.00 bits per heavy atom. The molecule has 0 aliphatic rings. The van der Waals surface area contributed by atoms with E-state index < -0.39 is 0 Å². The molecule has 0 aliphatic heterocycles. The molecule has 3 rings (SSSR count). The fourth-order valence-corrected chi connectivity index (χ4v) is 2.33. The Hall–Kier alpha value is -2.56. The first kappa shape index (κ1) is 13.4. The van der Waals surface area contributed by atoms with E-state index >= 15 is 0 Å². The highest BCUT2D eigenvalue weighted by Gasteiger charge is 2.19. The lowest BCUT2D eigenvalue weighted by atomic mass is 10.0. The molecule has 0 atom stereocenters. The van der Waals surface area contributed by atoms with Gasteiger partial charge in [0.1, 0.15) is 11.4 Å². The molecule has 0 fully saturated rings. The molecule has 0 spiro atoms. The Labute approximate surface area is 122 Å². The summed E-state index contributed by atoms with van der Waals surface area (Å²) in [4.78, 5) is 8.74. The van der Waals surface area contributed by atoms with Gasteiger partial charge in [-0.3, -0.25) is 0 Å². The fourth-order valence-electron chi connectivity index (χ4n) is 2.33. The average molecular weight is 283 g/mol. The van der Waals surface area contributed by atoms with Crippen molar-refractivity contribution in [2.75, 3.05) is 5.73 Å². The van der Waals surface area contributed by atoms with Crippen LogP contribution in [0.4, 0.5) is 5.95 Å². The van der Waals surface area contributed by atoms with Gasteiger partial charge in [-0.15, -0.1) is 0 Å². The molecule has 0 saturated carbocycles. The molecule has 2 N–H and O–H groups in total. The minimum absolute atomic E-state index is 0.216. The van der Waals surface area contributed by atoms with Gasteiger partial charge >= 0.3 is 0 Å². The van der Waals surface area contributed by atoms with Crippen molar-refractivity contribution in [3.8, 4) is 22.9 Å². The van der Waals surface area contributed by atoms with Gasteiger partial charge in [-0.2, -0.15) is 0 Å². The molecule has 3 aromatic rings. The zero-order valence-electron chi connectivity index (χ0n) is 11.9. The monoisotopic (exact) mass is 283 g/mol. The molecule has 21 heavy (non-hydrogen) atoms. The van der Waals surface area contributed by atoms with Gasteiger partial charge in [-0.25, -0.2) is 9.97 Å². The van der Waals surface area contributed by atoms with Crippen LogP contribution in [0.1, 0.15) is 25.3 Å². The van der Waals surface area contributed by atoms with Gasteiger partial charge in [0.05, 0.1) is 12.5 Å². The molecule has 0 aliphatic carbocycles. The number of unbranched alkanes of at least 4 members (excludes halogenated alkanes) is 1. The van der Waals surface area contributed by atoms with Crippen molar-refractivity contribution >= 4 is 5.95 Å². The lowest BCUT2D eigenvalue weighted by molar-refractivity contribution is 0.574. The predicted molar refractivity (Wildman–Crippen MR) is 80.5 cm³/mol. The highest BCUT2D eigenvalue weighted by molar-refractivity contribution is 5.70. The summed E-state index contributed by atoms with van der Waals surface area (Å²) in [5, 5.41) is 0. The van der Waals surface area contributed by atoms with Crippen LogP contribution in [0.15, 0.2) is 45.6 Å². The normalized spacial score (nSPS) is 10.9. The van der Waals surface area contributed by atoms with Crippen molar-refractivity contribution in [1.29, 1.82) is 0 Å². The van der Waals surface area contributed by atoms with Crippen molar-refractivity contribution in [2.45, 2.75) is 26.2 Å². The van der Waals surface area contributed by atoms with Crippen molar-refractivity contribution in [2.24, 2.45) is 0 Å². The van der Waals surface area contributed by atoms with Crippen molar-refractivity contribution in [3.05, 3.63) is 42.4 Å². The number of anilines is 1. The molecule has 3 aromatic heterocycles. The number of hydrogen-bond acceptors (Lipinski definition) is 5. The van der Waals surface area contributed by atoms with Crippen molar-refractivity contribution in [1.82, 2.24) is 9.97 Å². The Balaban J connectivity index is 2.18. The Kier molecular flexibility index (Phi) is 3.73. The summed E-state index contributed by atoms with van der Waals surface area (Å²) in [6, 6.07) is 7.43. The maximum Gasteiger partial charge on any atom is 0.221 e. The Morgan fingerprint density at radius 2 is 1.57 bits per heavy atom. The third-order valence-corrected chi connectivity index (χ3v) is 3.31. The largest absolute Gasteiger partial charge is 0.463 e. The number of nitrogen functional groups attached to an aromatic ring is 1. The van der Waals surface area contributed by atoms with E-state index in [9.17, 15) is 0 Å². The van der Waals surface area contributed by atoms with Gasteiger partial charge in [-0.05, 0) is 37.1 Å². The maximum absolute atomic E-state index is 5.86. The second-order valence-corrected chi connectivity index (χ2v) is 4.82. The van der Waals surface area contributed by atoms with Gasteiger partial charge in [0.2, 0.25) is 5.95 Å². The van der Waals surface area contributed by atoms with Gasteiger partial charge in [0.15, 0.2) is 11.5 Å². The summed E-state index contributed by atoms with van der Waals surface area (Å²) in [5.41, 5.74) is 8.36. The van der Waals surface area contributed by atoms with Gasteiger partial charge in [0, 0.05) is 5.56 Å². The first-order chi connectivity index (χ1) is 10.3. The summed E-state index contributed by atoms with van der Waals surface area (Å²) in [7, 11) is 0. The van der Waals surface area contributed by atoms with Gasteiger partial charge in [-0.1, -0.05) is 13.3 Å². The third kappa shape index (κ3) is 2.67. The molecule has 5 nitrogen and oxygen atoms in total. The zero-order valence-corrected chi connectivity index (χ0v) is 11.9. The minimum Gasteiger partial charge on any atom is -0.463 e. The lowest BCUT2D eigenvalue weighted by Crippen LogP contribution is -2.04. The van der Waals surface area contributed by atoms with Crippen LogP contribution in [0.3, 0.4) is 0 Å². The Bertz CT molecular complexity index is 648. The summed E-state index contributed by atoms with van der Waals surface area (Å²) in [5.74, 6) is 1.61. The summed E-state index contributed by atoms with van der Waals surface area (Å²) in [6.45, 7) is 2.15. The molecule has 108 valence electrons. The molecule has 0 unspecified atom stereocenters. The van der Waals surface area contributed by atoms with Crippen LogP contribution in [-0.4, -0.2) is 9.97 Å². The number of nitrogens with two attached hydrogens (primary N) is 1. The number of furan rings is 2. The second-order valence-electron chi connectivity index (χ2n) is 4.82. The topological polar surface area (TPSA) is 78.1 Å². The highest BCUT2D eigenvalue weighted by Crippen LogP contribution is 2.32. The van der Waals surface area contributed by atoms with Crippen LogP contribution in [0.5, 0.6) is 0 Å². The quantitative estimate of drug-likeness (QED) is 0.767. The molecule has 5 heteroatoms. The SMILES string of the molecule is CCCCc1c(-c2ccco2)nc(N)nc1-c1ccco1.